The summed E-state index contributed by atoms with van der Waals surface area (Å²) in [6.45, 7) is 5.71. The van der Waals surface area contributed by atoms with Crippen molar-refractivity contribution in [3.05, 3.63) is 45.8 Å². The lowest BCUT2D eigenvalue weighted by Crippen LogP contribution is -2.09. The minimum Gasteiger partial charge on any atom is -0.481 e. The average molecular weight is 274 g/mol. The molecule has 0 spiro atoms. The van der Waals surface area contributed by atoms with Crippen LogP contribution in [0.4, 0.5) is 0 Å². The van der Waals surface area contributed by atoms with Crippen LogP contribution in [0.5, 0.6) is 0 Å². The molecule has 2 aromatic rings. The Morgan fingerprint density at radius 3 is 2.55 bits per heavy atom. The minimum absolute atomic E-state index is 0.124. The van der Waals surface area contributed by atoms with Crippen LogP contribution in [-0.4, -0.2) is 11.1 Å². The van der Waals surface area contributed by atoms with Gasteiger partial charge in [0.2, 0.25) is 0 Å². The fourth-order valence-electron chi connectivity index (χ4n) is 2.14. The van der Waals surface area contributed by atoms with E-state index in [9.17, 15) is 9.59 Å². The van der Waals surface area contributed by atoms with E-state index in [4.69, 9.17) is 9.52 Å². The molecule has 20 heavy (non-hydrogen) atoms. The molecule has 1 unspecified atom stereocenters. The summed E-state index contributed by atoms with van der Waals surface area (Å²) >= 11 is 0. The molecule has 1 atom stereocenters. The maximum atomic E-state index is 12.1. The van der Waals surface area contributed by atoms with Crippen molar-refractivity contribution < 1.29 is 14.3 Å². The first-order valence-electron chi connectivity index (χ1n) is 6.68. The number of benzene rings is 1. The van der Waals surface area contributed by atoms with Crippen molar-refractivity contribution in [2.45, 2.75) is 33.1 Å². The average Bonchev–Trinajstić information content (AvgIpc) is 2.36. The number of carbonyl (C=O) groups is 1. The van der Waals surface area contributed by atoms with E-state index in [-0.39, 0.29) is 5.43 Å². The van der Waals surface area contributed by atoms with Crippen LogP contribution in [0.25, 0.3) is 11.0 Å². The molecule has 1 N–H and O–H groups in total. The summed E-state index contributed by atoms with van der Waals surface area (Å²) < 4.78 is 5.70. The van der Waals surface area contributed by atoms with Gasteiger partial charge in [-0.1, -0.05) is 19.9 Å². The second-order valence-electron chi connectivity index (χ2n) is 5.49. The highest BCUT2D eigenvalue weighted by atomic mass is 16.4. The Morgan fingerprint density at radius 1 is 1.25 bits per heavy atom. The van der Waals surface area contributed by atoms with Crippen molar-refractivity contribution in [2.24, 2.45) is 5.92 Å². The van der Waals surface area contributed by atoms with Crippen LogP contribution >= 0.6 is 0 Å². The van der Waals surface area contributed by atoms with Crippen LogP contribution in [0.3, 0.4) is 0 Å². The molecular formula is C16H18O4. The predicted octanol–water partition coefficient (Wildman–Crippen LogP) is 3.18. The highest BCUT2D eigenvalue weighted by Gasteiger charge is 2.15. The standard InChI is InChI=1S/C16H18O4/c1-9(2)6-12-8-14(17)13-7-11(10(3)16(18)19)4-5-15(13)20-12/h4-5,7-10H,6H2,1-3H3,(H,18,19). The van der Waals surface area contributed by atoms with Crippen LogP contribution in [0, 0.1) is 5.92 Å². The molecule has 1 heterocycles. The number of fused-ring (bicyclic) bond motifs is 1. The zero-order valence-corrected chi connectivity index (χ0v) is 11.8. The molecule has 106 valence electrons. The van der Waals surface area contributed by atoms with Crippen LogP contribution in [-0.2, 0) is 11.2 Å². The lowest BCUT2D eigenvalue weighted by atomic mass is 9.99. The highest BCUT2D eigenvalue weighted by Crippen LogP contribution is 2.21. The zero-order chi connectivity index (χ0) is 14.9. The molecule has 1 aromatic carbocycles. The summed E-state index contributed by atoms with van der Waals surface area (Å²) in [5, 5.41) is 9.45. The van der Waals surface area contributed by atoms with Crippen LogP contribution in [0.15, 0.2) is 33.5 Å². The third-order valence-corrected chi connectivity index (χ3v) is 3.28. The van der Waals surface area contributed by atoms with E-state index in [1.807, 2.05) is 0 Å². The van der Waals surface area contributed by atoms with E-state index in [0.717, 1.165) is 0 Å². The van der Waals surface area contributed by atoms with Gasteiger partial charge in [-0.25, -0.2) is 0 Å². The molecule has 0 fully saturated rings. The molecule has 0 saturated carbocycles. The number of aliphatic carboxylic acids is 1. The molecule has 2 rings (SSSR count). The molecular weight excluding hydrogens is 256 g/mol. The van der Waals surface area contributed by atoms with Gasteiger partial charge in [-0.2, -0.15) is 0 Å². The van der Waals surface area contributed by atoms with E-state index in [1.54, 1.807) is 25.1 Å². The number of carboxylic acids is 1. The second kappa shape index (κ2) is 5.49. The van der Waals surface area contributed by atoms with E-state index in [1.165, 1.54) is 6.07 Å². The van der Waals surface area contributed by atoms with Crippen molar-refractivity contribution in [3.8, 4) is 0 Å². The Hall–Kier alpha value is -2.10. The molecule has 0 bridgehead atoms. The molecule has 0 amide bonds. The van der Waals surface area contributed by atoms with Crippen LogP contribution in [0.1, 0.15) is 38.0 Å². The Morgan fingerprint density at radius 2 is 1.95 bits per heavy atom. The van der Waals surface area contributed by atoms with E-state index in [0.29, 0.717) is 34.6 Å². The summed E-state index contributed by atoms with van der Waals surface area (Å²) in [5.74, 6) is -0.488. The van der Waals surface area contributed by atoms with Crippen molar-refractivity contribution in [3.63, 3.8) is 0 Å². The SMILES string of the molecule is CC(C)Cc1cc(=O)c2cc(C(C)C(=O)O)ccc2o1. The minimum atomic E-state index is -0.912. The van der Waals surface area contributed by atoms with E-state index >= 15 is 0 Å². The Balaban J connectivity index is 2.52. The Kier molecular flexibility index (Phi) is 3.93. The number of hydrogen-bond donors (Lipinski definition) is 1. The van der Waals surface area contributed by atoms with Crippen molar-refractivity contribution >= 4 is 16.9 Å². The Labute approximate surface area is 117 Å². The zero-order valence-electron chi connectivity index (χ0n) is 11.8. The summed E-state index contributed by atoms with van der Waals surface area (Å²) in [6.07, 6.45) is 0.707. The van der Waals surface area contributed by atoms with Gasteiger partial charge in [0.15, 0.2) is 5.43 Å². The van der Waals surface area contributed by atoms with Crippen LogP contribution < -0.4 is 5.43 Å². The molecule has 0 aliphatic carbocycles. The normalized spacial score (nSPS) is 12.8. The van der Waals surface area contributed by atoms with Gasteiger partial charge >= 0.3 is 5.97 Å². The maximum Gasteiger partial charge on any atom is 0.310 e. The first-order chi connectivity index (χ1) is 9.38. The topological polar surface area (TPSA) is 67.5 Å². The second-order valence-corrected chi connectivity index (χ2v) is 5.49. The Bertz CT molecular complexity index is 697. The highest BCUT2D eigenvalue weighted by molar-refractivity contribution is 5.81. The first kappa shape index (κ1) is 14.3. The van der Waals surface area contributed by atoms with Gasteiger partial charge in [-0.05, 0) is 30.5 Å². The summed E-state index contributed by atoms with van der Waals surface area (Å²) in [4.78, 5) is 23.1. The fourth-order valence-corrected chi connectivity index (χ4v) is 2.14. The molecule has 0 aliphatic heterocycles. The van der Waals surface area contributed by atoms with Crippen LogP contribution in [0.2, 0.25) is 0 Å². The van der Waals surface area contributed by atoms with E-state index < -0.39 is 11.9 Å². The lowest BCUT2D eigenvalue weighted by molar-refractivity contribution is -0.138. The van der Waals surface area contributed by atoms with Crippen molar-refractivity contribution in [1.82, 2.24) is 0 Å². The molecule has 0 saturated heterocycles. The van der Waals surface area contributed by atoms with Gasteiger partial charge in [0.05, 0.1) is 11.3 Å². The van der Waals surface area contributed by atoms with E-state index in [2.05, 4.69) is 13.8 Å². The van der Waals surface area contributed by atoms with Gasteiger partial charge in [-0.15, -0.1) is 0 Å². The number of rotatable bonds is 4. The molecule has 0 aliphatic rings. The van der Waals surface area contributed by atoms with Gasteiger partial charge in [-0.3, -0.25) is 9.59 Å². The quantitative estimate of drug-likeness (QED) is 0.929. The first-order valence-corrected chi connectivity index (χ1v) is 6.68. The summed E-state index contributed by atoms with van der Waals surface area (Å²) in [7, 11) is 0. The van der Waals surface area contributed by atoms with Gasteiger partial charge < -0.3 is 9.52 Å². The monoisotopic (exact) mass is 274 g/mol. The molecule has 1 aromatic heterocycles. The smallest absolute Gasteiger partial charge is 0.310 e. The molecule has 0 radical (unpaired) electrons. The maximum absolute atomic E-state index is 12.1. The fraction of sp³-hybridized carbons (Fsp3) is 0.375. The van der Waals surface area contributed by atoms with Gasteiger partial charge in [0, 0.05) is 12.5 Å². The number of carboxylic acid groups (broad SMARTS) is 1. The predicted molar refractivity (Wildman–Crippen MR) is 77.1 cm³/mol. The largest absolute Gasteiger partial charge is 0.481 e. The number of hydrogen-bond acceptors (Lipinski definition) is 3. The van der Waals surface area contributed by atoms with Crippen molar-refractivity contribution in [1.29, 1.82) is 0 Å². The summed E-state index contributed by atoms with van der Waals surface area (Å²) in [5.41, 5.74) is 0.990. The van der Waals surface area contributed by atoms with Gasteiger partial charge in [0.25, 0.3) is 0 Å². The summed E-state index contributed by atoms with van der Waals surface area (Å²) in [6, 6.07) is 6.48. The lowest BCUT2D eigenvalue weighted by Gasteiger charge is -2.09. The molecule has 4 heteroatoms. The van der Waals surface area contributed by atoms with Gasteiger partial charge in [0.1, 0.15) is 11.3 Å². The van der Waals surface area contributed by atoms with Crippen molar-refractivity contribution in [2.75, 3.05) is 0 Å². The molecule has 4 nitrogen and oxygen atoms in total. The third kappa shape index (κ3) is 2.90. The third-order valence-electron chi connectivity index (χ3n) is 3.28.